The smallest absolute Gasteiger partial charge is 0.252 e. The molecule has 0 saturated heterocycles. The number of aliphatic hydroxyl groups excluding tert-OH is 1. The molecule has 4 rings (SSSR count). The molecule has 1 aliphatic carbocycles. The van der Waals surface area contributed by atoms with Crippen LogP contribution in [0.1, 0.15) is 66.8 Å². The van der Waals surface area contributed by atoms with Crippen molar-refractivity contribution in [2.24, 2.45) is 0 Å². The third-order valence-electron chi connectivity index (χ3n) is 8.06. The lowest BCUT2D eigenvalue weighted by molar-refractivity contribution is 0.136. The number of hydrogen-bond acceptors (Lipinski definition) is 7. The molecule has 38 heavy (non-hydrogen) atoms. The number of aliphatic hydroxyl groups is 1. The van der Waals surface area contributed by atoms with Gasteiger partial charge in [-0.05, 0) is 102 Å². The first-order chi connectivity index (χ1) is 18.2. The van der Waals surface area contributed by atoms with E-state index in [1.54, 1.807) is 12.4 Å². The third kappa shape index (κ3) is 6.14. The molecular formula is C30H42N6O2. The molecule has 1 fully saturated rings. The Morgan fingerprint density at radius 1 is 1.03 bits per heavy atom. The van der Waals surface area contributed by atoms with E-state index < -0.39 is 6.23 Å². The van der Waals surface area contributed by atoms with Crippen molar-refractivity contribution >= 4 is 5.69 Å². The predicted molar refractivity (Wildman–Crippen MR) is 153 cm³/mol. The fourth-order valence-electron chi connectivity index (χ4n) is 5.84. The van der Waals surface area contributed by atoms with E-state index in [0.717, 1.165) is 58.6 Å². The molecule has 2 aromatic heterocycles. The van der Waals surface area contributed by atoms with Crippen LogP contribution in [0, 0.1) is 20.8 Å². The van der Waals surface area contributed by atoms with Crippen molar-refractivity contribution in [2.45, 2.75) is 78.2 Å². The highest BCUT2D eigenvalue weighted by Crippen LogP contribution is 2.36. The molecule has 204 valence electrons. The van der Waals surface area contributed by atoms with Crippen LogP contribution in [-0.2, 0) is 6.54 Å². The normalized spacial score (nSPS) is 18.5. The molecule has 8 nitrogen and oxygen atoms in total. The minimum absolute atomic E-state index is 0.125. The number of aromatic amines is 1. The monoisotopic (exact) mass is 518 g/mol. The average Bonchev–Trinajstić information content (AvgIpc) is 2.90. The first kappa shape index (κ1) is 28.0. The lowest BCUT2D eigenvalue weighted by Crippen LogP contribution is -2.42. The molecule has 1 atom stereocenters. The van der Waals surface area contributed by atoms with Gasteiger partial charge in [-0.15, -0.1) is 0 Å². The number of hydrogen-bond donors (Lipinski definition) is 3. The standard InChI is InChI=1S/C30H42N6O2/c1-7-36(25-10-8-24(9-11-25)35(5)6)28-14-22(23-15-31-18-32-16-23)13-26(21(28)4)29(37)33-17-27-19(2)12-20(3)34-30(27)38/h12-16,18,24-25,29,33,37H,7-11,17H2,1-6H3,(H,34,38). The van der Waals surface area contributed by atoms with Gasteiger partial charge in [0.2, 0.25) is 0 Å². The number of pyridine rings is 1. The van der Waals surface area contributed by atoms with Crippen LogP contribution in [0.5, 0.6) is 0 Å². The minimum Gasteiger partial charge on any atom is -0.374 e. The molecule has 0 spiro atoms. The number of benzene rings is 1. The van der Waals surface area contributed by atoms with Gasteiger partial charge in [-0.1, -0.05) is 0 Å². The summed E-state index contributed by atoms with van der Waals surface area (Å²) in [5, 5.41) is 14.6. The van der Waals surface area contributed by atoms with Crippen molar-refractivity contribution in [2.75, 3.05) is 25.5 Å². The zero-order valence-corrected chi connectivity index (χ0v) is 23.6. The van der Waals surface area contributed by atoms with E-state index in [2.05, 4.69) is 64.1 Å². The molecule has 0 bridgehead atoms. The summed E-state index contributed by atoms with van der Waals surface area (Å²) >= 11 is 0. The summed E-state index contributed by atoms with van der Waals surface area (Å²) in [6, 6.07) is 7.25. The molecule has 0 amide bonds. The predicted octanol–water partition coefficient (Wildman–Crippen LogP) is 4.24. The SMILES string of the molecule is CCN(c1cc(-c2cncnc2)cc(C(O)NCc2c(C)cc(C)[nH]c2=O)c1C)C1CCC(N(C)C)CC1. The fourth-order valence-corrected chi connectivity index (χ4v) is 5.84. The van der Waals surface area contributed by atoms with E-state index in [4.69, 9.17) is 0 Å². The zero-order valence-electron chi connectivity index (χ0n) is 23.6. The molecule has 2 heterocycles. The third-order valence-corrected chi connectivity index (χ3v) is 8.06. The van der Waals surface area contributed by atoms with E-state index in [1.807, 2.05) is 26.0 Å². The van der Waals surface area contributed by atoms with Gasteiger partial charge in [0.05, 0.1) is 0 Å². The maximum atomic E-state index is 12.5. The van der Waals surface area contributed by atoms with E-state index in [9.17, 15) is 9.90 Å². The van der Waals surface area contributed by atoms with Gasteiger partial charge >= 0.3 is 0 Å². The molecule has 1 unspecified atom stereocenters. The summed E-state index contributed by atoms with van der Waals surface area (Å²) < 4.78 is 0. The van der Waals surface area contributed by atoms with Crippen molar-refractivity contribution in [3.05, 3.63) is 75.2 Å². The quantitative estimate of drug-likeness (QED) is 0.365. The molecule has 0 radical (unpaired) electrons. The van der Waals surface area contributed by atoms with Crippen LogP contribution in [-0.4, -0.2) is 57.7 Å². The zero-order chi connectivity index (χ0) is 27.4. The van der Waals surface area contributed by atoms with E-state index in [-0.39, 0.29) is 12.1 Å². The van der Waals surface area contributed by atoms with E-state index in [1.165, 1.54) is 19.2 Å². The summed E-state index contributed by atoms with van der Waals surface area (Å²) in [7, 11) is 4.34. The molecule has 1 aromatic carbocycles. The number of nitrogens with one attached hydrogen (secondary N) is 2. The maximum Gasteiger partial charge on any atom is 0.252 e. The number of H-pyrrole nitrogens is 1. The summed E-state index contributed by atoms with van der Waals surface area (Å²) in [6.07, 6.45) is 8.83. The highest BCUT2D eigenvalue weighted by molar-refractivity contribution is 5.72. The van der Waals surface area contributed by atoms with Crippen LogP contribution in [0.4, 0.5) is 5.69 Å². The van der Waals surface area contributed by atoms with Gasteiger partial charge in [-0.3, -0.25) is 10.1 Å². The first-order valence-electron chi connectivity index (χ1n) is 13.6. The van der Waals surface area contributed by atoms with Crippen molar-refractivity contribution in [3.63, 3.8) is 0 Å². The highest BCUT2D eigenvalue weighted by Gasteiger charge is 2.28. The largest absolute Gasteiger partial charge is 0.374 e. The van der Waals surface area contributed by atoms with Crippen LogP contribution in [0.15, 0.2) is 41.7 Å². The molecule has 1 saturated carbocycles. The summed E-state index contributed by atoms with van der Waals surface area (Å²) in [6.45, 7) is 9.23. The molecule has 0 aliphatic heterocycles. The Balaban J connectivity index is 1.68. The fraction of sp³-hybridized carbons (Fsp3) is 0.500. The Kier molecular flexibility index (Phi) is 8.97. The van der Waals surface area contributed by atoms with E-state index >= 15 is 0 Å². The van der Waals surface area contributed by atoms with Gasteiger partial charge < -0.3 is 19.9 Å². The molecule has 8 heteroatoms. The maximum absolute atomic E-state index is 12.5. The summed E-state index contributed by atoms with van der Waals surface area (Å²) in [4.78, 5) is 28.7. The number of aryl methyl sites for hydroxylation is 2. The summed E-state index contributed by atoms with van der Waals surface area (Å²) in [5.41, 5.74) is 7.07. The van der Waals surface area contributed by atoms with Crippen LogP contribution < -0.4 is 15.8 Å². The van der Waals surface area contributed by atoms with Crippen LogP contribution in [0.2, 0.25) is 0 Å². The number of aromatic nitrogens is 3. The van der Waals surface area contributed by atoms with Gasteiger partial charge in [-0.2, -0.15) is 0 Å². The molecule has 1 aliphatic rings. The van der Waals surface area contributed by atoms with Crippen molar-refractivity contribution in [1.29, 1.82) is 0 Å². The van der Waals surface area contributed by atoms with Crippen molar-refractivity contribution < 1.29 is 5.11 Å². The Morgan fingerprint density at radius 2 is 1.68 bits per heavy atom. The van der Waals surface area contributed by atoms with Crippen LogP contribution in [0.25, 0.3) is 11.1 Å². The minimum atomic E-state index is -0.943. The molecule has 3 N–H and O–H groups in total. The van der Waals surface area contributed by atoms with Gasteiger partial charge in [0.15, 0.2) is 0 Å². The second-order valence-electron chi connectivity index (χ2n) is 10.8. The lowest BCUT2D eigenvalue weighted by Gasteiger charge is -2.40. The van der Waals surface area contributed by atoms with Gasteiger partial charge in [0, 0.05) is 65.6 Å². The Hall–Kier alpha value is -3.07. The highest BCUT2D eigenvalue weighted by atomic mass is 16.3. The lowest BCUT2D eigenvalue weighted by atomic mass is 9.88. The van der Waals surface area contributed by atoms with Crippen molar-refractivity contribution in [3.8, 4) is 11.1 Å². The van der Waals surface area contributed by atoms with Crippen LogP contribution in [0.3, 0.4) is 0 Å². The topological polar surface area (TPSA) is 97.4 Å². The average molecular weight is 519 g/mol. The summed E-state index contributed by atoms with van der Waals surface area (Å²) in [5.74, 6) is 0. The van der Waals surface area contributed by atoms with Gasteiger partial charge in [-0.25, -0.2) is 9.97 Å². The number of rotatable bonds is 9. The van der Waals surface area contributed by atoms with Gasteiger partial charge in [0.1, 0.15) is 12.6 Å². The van der Waals surface area contributed by atoms with Crippen molar-refractivity contribution in [1.82, 2.24) is 25.2 Å². The second kappa shape index (κ2) is 12.2. The molecule has 3 aromatic rings. The second-order valence-corrected chi connectivity index (χ2v) is 10.8. The van der Waals surface area contributed by atoms with E-state index in [0.29, 0.717) is 17.6 Å². The van der Waals surface area contributed by atoms with Gasteiger partial charge in [0.25, 0.3) is 5.56 Å². The Bertz CT molecular complexity index is 1280. The first-order valence-corrected chi connectivity index (χ1v) is 13.6. The molecular weight excluding hydrogens is 476 g/mol. The Labute approximate surface area is 226 Å². The Morgan fingerprint density at radius 3 is 2.29 bits per heavy atom. The van der Waals surface area contributed by atoms with Crippen LogP contribution >= 0.6 is 0 Å². The number of nitrogens with zero attached hydrogens (tertiary/aromatic N) is 4. The number of anilines is 1.